The van der Waals surface area contributed by atoms with Crippen molar-refractivity contribution < 1.29 is 14.5 Å². The molecule has 1 heterocycles. The van der Waals surface area contributed by atoms with E-state index in [0.29, 0.717) is 31.9 Å². The maximum absolute atomic E-state index is 12.9. The normalized spacial score (nSPS) is 14.8. The van der Waals surface area contributed by atoms with Gasteiger partial charge in [-0.05, 0) is 24.1 Å². The molecule has 2 aromatic rings. The molecule has 0 bridgehead atoms. The number of rotatable bonds is 7. The molecule has 1 aliphatic rings. The summed E-state index contributed by atoms with van der Waals surface area (Å²) >= 11 is 0. The van der Waals surface area contributed by atoms with E-state index < -0.39 is 4.92 Å². The van der Waals surface area contributed by atoms with Crippen LogP contribution in [0.25, 0.3) is 0 Å². The zero-order valence-electron chi connectivity index (χ0n) is 17.9. The number of carbonyl (C=O) groups is 2. The summed E-state index contributed by atoms with van der Waals surface area (Å²) in [5, 5.41) is 14.8. The van der Waals surface area contributed by atoms with E-state index in [9.17, 15) is 19.7 Å². The molecule has 8 nitrogen and oxygen atoms in total. The highest BCUT2D eigenvalue weighted by Gasteiger charge is 2.26. The molecule has 0 spiro atoms. The van der Waals surface area contributed by atoms with Gasteiger partial charge in [0.2, 0.25) is 5.91 Å². The number of piperazine rings is 1. The van der Waals surface area contributed by atoms with Gasteiger partial charge in [-0.1, -0.05) is 43.7 Å². The van der Waals surface area contributed by atoms with Gasteiger partial charge < -0.3 is 15.1 Å². The van der Waals surface area contributed by atoms with Gasteiger partial charge in [-0.2, -0.15) is 0 Å². The Morgan fingerprint density at radius 1 is 1.10 bits per heavy atom. The fourth-order valence-electron chi connectivity index (χ4n) is 3.88. The summed E-state index contributed by atoms with van der Waals surface area (Å²) in [5.41, 5.74) is 1.63. The van der Waals surface area contributed by atoms with Crippen molar-refractivity contribution in [2.45, 2.75) is 32.7 Å². The van der Waals surface area contributed by atoms with Gasteiger partial charge in [0.15, 0.2) is 0 Å². The maximum Gasteiger partial charge on any atom is 0.293 e. The average molecular weight is 425 g/mol. The van der Waals surface area contributed by atoms with E-state index in [1.165, 1.54) is 13.0 Å². The first-order valence-corrected chi connectivity index (χ1v) is 10.6. The van der Waals surface area contributed by atoms with Crippen molar-refractivity contribution in [1.29, 1.82) is 0 Å². The lowest BCUT2D eigenvalue weighted by Crippen LogP contribution is -2.48. The van der Waals surface area contributed by atoms with Gasteiger partial charge in [0, 0.05) is 44.7 Å². The predicted octanol–water partition coefficient (Wildman–Crippen LogP) is 3.53. The number of nitrogens with one attached hydrogen (secondary N) is 1. The molecule has 2 aromatic carbocycles. The molecule has 1 unspecified atom stereocenters. The Balaban J connectivity index is 1.79. The Labute approximate surface area is 182 Å². The van der Waals surface area contributed by atoms with Crippen molar-refractivity contribution in [3.05, 3.63) is 69.8 Å². The van der Waals surface area contributed by atoms with Crippen LogP contribution in [0.4, 0.5) is 11.4 Å². The lowest BCUT2D eigenvalue weighted by molar-refractivity contribution is -0.384. The van der Waals surface area contributed by atoms with Crippen molar-refractivity contribution in [2.75, 3.05) is 31.1 Å². The third-order valence-corrected chi connectivity index (χ3v) is 5.58. The van der Waals surface area contributed by atoms with Crippen molar-refractivity contribution in [2.24, 2.45) is 0 Å². The van der Waals surface area contributed by atoms with Gasteiger partial charge in [0.1, 0.15) is 5.69 Å². The molecule has 0 radical (unpaired) electrons. The third kappa shape index (κ3) is 5.39. The van der Waals surface area contributed by atoms with E-state index >= 15 is 0 Å². The van der Waals surface area contributed by atoms with E-state index in [4.69, 9.17) is 0 Å². The molecule has 164 valence electrons. The van der Waals surface area contributed by atoms with Gasteiger partial charge in [-0.25, -0.2) is 0 Å². The van der Waals surface area contributed by atoms with Crippen LogP contribution in [0.2, 0.25) is 0 Å². The number of amides is 2. The van der Waals surface area contributed by atoms with Crippen LogP contribution in [0.15, 0.2) is 48.5 Å². The van der Waals surface area contributed by atoms with E-state index in [1.54, 1.807) is 17.0 Å². The summed E-state index contributed by atoms with van der Waals surface area (Å²) < 4.78 is 0. The summed E-state index contributed by atoms with van der Waals surface area (Å²) in [5.74, 6) is -0.334. The number of hydrogen-bond acceptors (Lipinski definition) is 5. The summed E-state index contributed by atoms with van der Waals surface area (Å²) in [6, 6.07) is 14.2. The number of nitro groups is 1. The Morgan fingerprint density at radius 2 is 1.77 bits per heavy atom. The zero-order chi connectivity index (χ0) is 22.4. The molecule has 8 heteroatoms. The Bertz CT molecular complexity index is 940. The van der Waals surface area contributed by atoms with E-state index in [-0.39, 0.29) is 29.1 Å². The standard InChI is InChI=1S/C23H28N4O4/c1-3-7-20(18-8-5-4-6-9-18)24-23(29)19-10-11-21(22(16-19)27(30)31)26-14-12-25(13-15-26)17(2)28/h4-6,8-11,16,20H,3,7,12-15H2,1-2H3,(H,24,29). The van der Waals surface area contributed by atoms with E-state index in [1.807, 2.05) is 42.2 Å². The molecular formula is C23H28N4O4. The van der Waals surface area contributed by atoms with Crippen LogP contribution in [0.5, 0.6) is 0 Å². The van der Waals surface area contributed by atoms with Crippen molar-refractivity contribution in [3.63, 3.8) is 0 Å². The molecular weight excluding hydrogens is 396 g/mol. The van der Waals surface area contributed by atoms with Gasteiger partial charge in [0.05, 0.1) is 11.0 Å². The molecule has 1 N–H and O–H groups in total. The quantitative estimate of drug-likeness (QED) is 0.542. The Morgan fingerprint density at radius 3 is 2.35 bits per heavy atom. The number of nitro benzene ring substituents is 1. The van der Waals surface area contributed by atoms with Gasteiger partial charge in [0.25, 0.3) is 11.6 Å². The number of benzene rings is 2. The molecule has 2 amide bonds. The number of carbonyl (C=O) groups excluding carboxylic acids is 2. The SMILES string of the molecule is CCCC(NC(=O)c1ccc(N2CCN(C(C)=O)CC2)c([N+](=O)[O-])c1)c1ccccc1. The monoisotopic (exact) mass is 424 g/mol. The molecule has 1 aliphatic heterocycles. The van der Waals surface area contributed by atoms with Crippen LogP contribution in [0, 0.1) is 10.1 Å². The van der Waals surface area contributed by atoms with E-state index in [2.05, 4.69) is 5.32 Å². The van der Waals surface area contributed by atoms with Crippen LogP contribution in [0.1, 0.15) is 48.7 Å². The maximum atomic E-state index is 12.9. The first-order valence-electron chi connectivity index (χ1n) is 10.6. The van der Waals surface area contributed by atoms with Gasteiger partial charge in [-0.15, -0.1) is 0 Å². The summed E-state index contributed by atoms with van der Waals surface area (Å²) in [6.07, 6.45) is 1.67. The van der Waals surface area contributed by atoms with Crippen molar-refractivity contribution >= 4 is 23.2 Å². The highest BCUT2D eigenvalue weighted by atomic mass is 16.6. The summed E-state index contributed by atoms with van der Waals surface area (Å²) in [4.78, 5) is 39.3. The van der Waals surface area contributed by atoms with Crippen molar-refractivity contribution in [3.8, 4) is 0 Å². The first kappa shape index (κ1) is 22.3. The van der Waals surface area contributed by atoms with E-state index in [0.717, 1.165) is 18.4 Å². The molecule has 1 fully saturated rings. The highest BCUT2D eigenvalue weighted by molar-refractivity contribution is 5.96. The zero-order valence-corrected chi connectivity index (χ0v) is 17.9. The van der Waals surface area contributed by atoms with Gasteiger partial charge >= 0.3 is 0 Å². The minimum Gasteiger partial charge on any atom is -0.362 e. The minimum atomic E-state index is -0.454. The summed E-state index contributed by atoms with van der Waals surface area (Å²) in [6.45, 7) is 5.63. The summed E-state index contributed by atoms with van der Waals surface area (Å²) in [7, 11) is 0. The second-order valence-electron chi connectivity index (χ2n) is 7.68. The van der Waals surface area contributed by atoms with Crippen molar-refractivity contribution in [1.82, 2.24) is 10.2 Å². The smallest absolute Gasteiger partial charge is 0.293 e. The third-order valence-electron chi connectivity index (χ3n) is 5.58. The lowest BCUT2D eigenvalue weighted by Gasteiger charge is -2.35. The second-order valence-corrected chi connectivity index (χ2v) is 7.68. The molecule has 31 heavy (non-hydrogen) atoms. The topological polar surface area (TPSA) is 95.8 Å². The second kappa shape index (κ2) is 10.1. The average Bonchev–Trinajstić information content (AvgIpc) is 2.79. The molecule has 0 aliphatic carbocycles. The van der Waals surface area contributed by atoms with Crippen LogP contribution in [0.3, 0.4) is 0 Å². The Kier molecular flexibility index (Phi) is 7.23. The molecule has 3 rings (SSSR count). The molecule has 1 atom stereocenters. The fourth-order valence-corrected chi connectivity index (χ4v) is 3.88. The lowest BCUT2D eigenvalue weighted by atomic mass is 10.0. The Hall–Kier alpha value is -3.42. The predicted molar refractivity (Wildman–Crippen MR) is 119 cm³/mol. The first-order chi connectivity index (χ1) is 14.9. The molecule has 1 saturated heterocycles. The van der Waals surface area contributed by atoms with Crippen LogP contribution >= 0.6 is 0 Å². The van der Waals surface area contributed by atoms with Crippen LogP contribution in [-0.4, -0.2) is 47.8 Å². The fraction of sp³-hybridized carbons (Fsp3) is 0.391. The molecule has 0 aromatic heterocycles. The number of nitrogens with zero attached hydrogens (tertiary/aromatic N) is 3. The number of hydrogen-bond donors (Lipinski definition) is 1. The number of anilines is 1. The van der Waals surface area contributed by atoms with Crippen LogP contribution < -0.4 is 10.2 Å². The van der Waals surface area contributed by atoms with Crippen LogP contribution in [-0.2, 0) is 4.79 Å². The minimum absolute atomic E-state index is 0.00113. The molecule has 0 saturated carbocycles. The van der Waals surface area contributed by atoms with Gasteiger partial charge in [-0.3, -0.25) is 19.7 Å². The highest BCUT2D eigenvalue weighted by Crippen LogP contribution is 2.30. The largest absolute Gasteiger partial charge is 0.362 e.